The number of aromatic carboxylic acids is 1. The first-order valence-electron chi connectivity index (χ1n) is 11.6. The number of carbonyl (C=O) groups is 2. The molecule has 1 aromatic heterocycles. The van der Waals surface area contributed by atoms with Gasteiger partial charge in [0, 0.05) is 23.4 Å². The minimum Gasteiger partial charge on any atom is -0.478 e. The van der Waals surface area contributed by atoms with Gasteiger partial charge in [0.1, 0.15) is 6.61 Å². The number of nitrogens with zero attached hydrogens (tertiary/aromatic N) is 1. The van der Waals surface area contributed by atoms with Gasteiger partial charge in [0.2, 0.25) is 11.8 Å². The first-order valence-corrected chi connectivity index (χ1v) is 11.9. The largest absolute Gasteiger partial charge is 0.478 e. The highest BCUT2D eigenvalue weighted by atomic mass is 35.5. The second kappa shape index (κ2) is 10.7. The van der Waals surface area contributed by atoms with Crippen LogP contribution in [0.1, 0.15) is 60.2 Å². The van der Waals surface area contributed by atoms with Crippen LogP contribution in [-0.2, 0) is 11.4 Å². The Labute approximate surface area is 209 Å². The van der Waals surface area contributed by atoms with E-state index >= 15 is 0 Å². The van der Waals surface area contributed by atoms with Crippen molar-refractivity contribution in [2.75, 3.05) is 5.32 Å². The topological polar surface area (TPSA) is 88.5 Å². The molecule has 0 saturated heterocycles. The molecule has 35 heavy (non-hydrogen) atoms. The van der Waals surface area contributed by atoms with Gasteiger partial charge in [-0.1, -0.05) is 55.8 Å². The van der Waals surface area contributed by atoms with E-state index in [9.17, 15) is 14.7 Å². The Hall–Kier alpha value is -3.64. The molecule has 0 spiro atoms. The van der Waals surface area contributed by atoms with Gasteiger partial charge >= 0.3 is 5.97 Å². The van der Waals surface area contributed by atoms with Gasteiger partial charge in [0.15, 0.2) is 0 Å². The van der Waals surface area contributed by atoms with Crippen molar-refractivity contribution in [3.05, 3.63) is 88.1 Å². The van der Waals surface area contributed by atoms with Gasteiger partial charge in [-0.15, -0.1) is 0 Å². The molecule has 3 aromatic rings. The molecular weight excluding hydrogens is 464 g/mol. The van der Waals surface area contributed by atoms with E-state index in [1.54, 1.807) is 26.1 Å². The van der Waals surface area contributed by atoms with E-state index < -0.39 is 5.97 Å². The quantitative estimate of drug-likeness (QED) is 0.366. The van der Waals surface area contributed by atoms with Crippen LogP contribution in [0.5, 0.6) is 5.88 Å². The first-order chi connectivity index (χ1) is 16.8. The number of allylic oxidation sites excluding steroid dienone is 2. The number of hydrogen-bond donors (Lipinski definition) is 2. The van der Waals surface area contributed by atoms with E-state index in [1.807, 2.05) is 42.5 Å². The zero-order valence-electron chi connectivity index (χ0n) is 19.7. The van der Waals surface area contributed by atoms with Gasteiger partial charge in [-0.25, -0.2) is 9.78 Å². The lowest BCUT2D eigenvalue weighted by molar-refractivity contribution is -0.118. The molecule has 1 amide bonds. The summed E-state index contributed by atoms with van der Waals surface area (Å²) in [6.45, 7) is 3.95. The summed E-state index contributed by atoms with van der Waals surface area (Å²) in [6, 6.07) is 16.6. The molecule has 6 nitrogen and oxygen atoms in total. The molecule has 2 aromatic carbocycles. The molecule has 0 unspecified atom stereocenters. The number of amides is 1. The Morgan fingerprint density at radius 2 is 1.83 bits per heavy atom. The summed E-state index contributed by atoms with van der Waals surface area (Å²) in [5, 5.41) is 13.0. The van der Waals surface area contributed by atoms with Crippen LogP contribution < -0.4 is 10.1 Å². The summed E-state index contributed by atoms with van der Waals surface area (Å²) in [4.78, 5) is 28.6. The van der Waals surface area contributed by atoms with Crippen molar-refractivity contribution in [1.82, 2.24) is 4.98 Å². The molecule has 180 valence electrons. The molecule has 0 aliphatic heterocycles. The van der Waals surface area contributed by atoms with E-state index in [4.69, 9.17) is 16.3 Å². The Kier molecular flexibility index (Phi) is 7.51. The highest BCUT2D eigenvalue weighted by Crippen LogP contribution is 2.43. The molecule has 0 fully saturated rings. The van der Waals surface area contributed by atoms with E-state index in [0.717, 1.165) is 47.1 Å². The van der Waals surface area contributed by atoms with Gasteiger partial charge in [-0.2, -0.15) is 0 Å². The molecule has 0 bridgehead atoms. The number of nitrogens with one attached hydrogen (secondary N) is 1. The molecule has 0 atom stereocenters. The molecule has 1 aliphatic rings. The third-order valence-electron chi connectivity index (χ3n) is 5.90. The van der Waals surface area contributed by atoms with Crippen LogP contribution in [-0.4, -0.2) is 22.0 Å². The average molecular weight is 491 g/mol. The van der Waals surface area contributed by atoms with Gasteiger partial charge in [0.05, 0.1) is 10.6 Å². The van der Waals surface area contributed by atoms with Crippen molar-refractivity contribution in [3.63, 3.8) is 0 Å². The maximum atomic E-state index is 12.3. The molecule has 2 N–H and O–H groups in total. The van der Waals surface area contributed by atoms with Crippen LogP contribution in [0.25, 0.3) is 11.1 Å². The predicted octanol–water partition coefficient (Wildman–Crippen LogP) is 6.70. The number of carboxylic acids is 1. The van der Waals surface area contributed by atoms with Gasteiger partial charge in [0.25, 0.3) is 0 Å². The Bertz CT molecular complexity index is 1290. The fourth-order valence-corrected chi connectivity index (χ4v) is 4.29. The Balaban J connectivity index is 1.75. The van der Waals surface area contributed by atoms with Crippen molar-refractivity contribution in [3.8, 4) is 5.88 Å². The maximum Gasteiger partial charge on any atom is 0.335 e. The van der Waals surface area contributed by atoms with E-state index in [-0.39, 0.29) is 17.4 Å². The van der Waals surface area contributed by atoms with E-state index in [1.165, 1.54) is 6.07 Å². The van der Waals surface area contributed by atoms with Crippen LogP contribution >= 0.6 is 11.6 Å². The van der Waals surface area contributed by atoms with E-state index in [0.29, 0.717) is 23.2 Å². The normalized spacial score (nSPS) is 13.3. The lowest BCUT2D eigenvalue weighted by Crippen LogP contribution is -2.18. The number of ether oxygens (including phenoxy) is 1. The van der Waals surface area contributed by atoms with Crippen LogP contribution in [0, 0.1) is 5.92 Å². The predicted molar refractivity (Wildman–Crippen MR) is 138 cm³/mol. The number of benzene rings is 2. The number of carbonyl (C=O) groups excluding carboxylic acids is 1. The average Bonchev–Trinajstić information content (AvgIpc) is 3.33. The number of anilines is 1. The summed E-state index contributed by atoms with van der Waals surface area (Å²) >= 11 is 6.32. The van der Waals surface area contributed by atoms with Crippen molar-refractivity contribution < 1.29 is 19.4 Å². The zero-order chi connectivity index (χ0) is 24.9. The molecular formula is C28H27ClN2O4. The van der Waals surface area contributed by atoms with Crippen LogP contribution in [0.2, 0.25) is 5.02 Å². The third-order valence-corrected chi connectivity index (χ3v) is 6.11. The maximum absolute atomic E-state index is 12.3. The van der Waals surface area contributed by atoms with Crippen molar-refractivity contribution in [2.24, 2.45) is 5.92 Å². The SMILES string of the molecule is CC(C)C(=O)Nc1cc(C(=O)O)cc(C2=C(c3cc(Cl)cnc3OCc3ccccc3)CCC2)c1. The smallest absolute Gasteiger partial charge is 0.335 e. The molecule has 1 heterocycles. The van der Waals surface area contributed by atoms with Crippen molar-refractivity contribution in [1.29, 1.82) is 0 Å². The standard InChI is InChI=1S/C28H27ClN2O4/c1-17(2)26(32)31-22-12-19(11-20(13-22)28(33)34)23-9-6-10-24(23)25-14-21(29)15-30-27(25)35-16-18-7-4-3-5-8-18/h3-5,7-8,11-15,17H,6,9-10,16H2,1-2H3,(H,31,32)(H,33,34). The second-order valence-corrected chi connectivity index (χ2v) is 9.28. The third kappa shape index (κ3) is 5.89. The van der Waals surface area contributed by atoms with Crippen LogP contribution in [0.4, 0.5) is 5.69 Å². The number of pyridine rings is 1. The molecule has 1 aliphatic carbocycles. The summed E-state index contributed by atoms with van der Waals surface area (Å²) in [5.41, 5.74) is 5.18. The van der Waals surface area contributed by atoms with Crippen LogP contribution in [0.15, 0.2) is 60.8 Å². The summed E-state index contributed by atoms with van der Waals surface area (Å²) < 4.78 is 6.08. The van der Waals surface area contributed by atoms with E-state index in [2.05, 4.69) is 10.3 Å². The molecule has 0 radical (unpaired) electrons. The highest BCUT2D eigenvalue weighted by molar-refractivity contribution is 6.30. The number of rotatable bonds is 8. The summed E-state index contributed by atoms with van der Waals surface area (Å²) in [7, 11) is 0. The number of halogens is 1. The first kappa shape index (κ1) is 24.5. The van der Waals surface area contributed by atoms with Gasteiger partial charge in [-0.05, 0) is 65.8 Å². The minimum absolute atomic E-state index is 0.116. The zero-order valence-corrected chi connectivity index (χ0v) is 20.4. The monoisotopic (exact) mass is 490 g/mol. The molecule has 7 heteroatoms. The van der Waals surface area contributed by atoms with Crippen LogP contribution in [0.3, 0.4) is 0 Å². The highest BCUT2D eigenvalue weighted by Gasteiger charge is 2.23. The van der Waals surface area contributed by atoms with Crippen molar-refractivity contribution >= 4 is 40.3 Å². The Morgan fingerprint density at radius 1 is 1.09 bits per heavy atom. The fourth-order valence-electron chi connectivity index (χ4n) is 4.13. The number of carboxylic acid groups (broad SMARTS) is 1. The van der Waals surface area contributed by atoms with Crippen molar-refractivity contribution in [2.45, 2.75) is 39.7 Å². The summed E-state index contributed by atoms with van der Waals surface area (Å²) in [6.07, 6.45) is 4.01. The fraction of sp³-hybridized carbons (Fsp3) is 0.250. The molecule has 4 rings (SSSR count). The summed E-state index contributed by atoms with van der Waals surface area (Å²) in [5.74, 6) is -0.969. The minimum atomic E-state index is -1.05. The van der Waals surface area contributed by atoms with Gasteiger partial charge < -0.3 is 15.2 Å². The van der Waals surface area contributed by atoms with Gasteiger partial charge in [-0.3, -0.25) is 4.79 Å². The molecule has 0 saturated carbocycles. The second-order valence-electron chi connectivity index (χ2n) is 8.84. The lowest BCUT2D eigenvalue weighted by Gasteiger charge is -2.15. The number of hydrogen-bond acceptors (Lipinski definition) is 4. The Morgan fingerprint density at radius 3 is 2.54 bits per heavy atom. The number of aromatic nitrogens is 1. The lowest BCUT2D eigenvalue weighted by atomic mass is 9.95.